The van der Waals surface area contributed by atoms with E-state index in [2.05, 4.69) is 0 Å². The molecule has 1 aromatic rings. The second kappa shape index (κ2) is 4.91. The number of hydrogen-bond donors (Lipinski definition) is 0. The highest BCUT2D eigenvalue weighted by molar-refractivity contribution is 5.75. The van der Waals surface area contributed by atoms with Gasteiger partial charge in [0.15, 0.2) is 0 Å². The molecule has 0 aliphatic rings. The van der Waals surface area contributed by atoms with Crippen molar-refractivity contribution in [2.45, 2.75) is 26.7 Å². The quantitative estimate of drug-likeness (QED) is 0.763. The lowest BCUT2D eigenvalue weighted by Crippen LogP contribution is -2.00. The van der Waals surface area contributed by atoms with Gasteiger partial charge >= 0.3 is 0 Å². The summed E-state index contributed by atoms with van der Waals surface area (Å²) in [5.74, 6) is 0.277. The maximum atomic E-state index is 13.6. The Kier molecular flexibility index (Phi) is 3.83. The van der Waals surface area contributed by atoms with Gasteiger partial charge in [-0.25, -0.2) is 4.39 Å². The third-order valence-electron chi connectivity index (χ3n) is 2.25. The molecular formula is C12H15FO2. The smallest absolute Gasteiger partial charge is 0.130 e. The Morgan fingerprint density at radius 1 is 1.47 bits per heavy atom. The van der Waals surface area contributed by atoms with E-state index in [1.807, 2.05) is 0 Å². The first-order chi connectivity index (χ1) is 7.04. The Morgan fingerprint density at radius 3 is 2.67 bits per heavy atom. The number of methoxy groups -OCH3 is 1. The highest BCUT2D eigenvalue weighted by Gasteiger charge is 2.11. The molecule has 0 atom stereocenters. The van der Waals surface area contributed by atoms with Crippen LogP contribution in [0.2, 0.25) is 0 Å². The van der Waals surface area contributed by atoms with Crippen LogP contribution in [0.4, 0.5) is 4.39 Å². The zero-order valence-corrected chi connectivity index (χ0v) is 9.26. The van der Waals surface area contributed by atoms with Gasteiger partial charge in [0.25, 0.3) is 0 Å². The van der Waals surface area contributed by atoms with Crippen LogP contribution < -0.4 is 4.74 Å². The van der Waals surface area contributed by atoms with Crippen molar-refractivity contribution in [3.63, 3.8) is 0 Å². The van der Waals surface area contributed by atoms with Crippen LogP contribution in [0, 0.1) is 12.7 Å². The van der Waals surface area contributed by atoms with Gasteiger partial charge in [-0.2, -0.15) is 0 Å². The van der Waals surface area contributed by atoms with Crippen molar-refractivity contribution in [3.8, 4) is 5.75 Å². The van der Waals surface area contributed by atoms with Crippen LogP contribution >= 0.6 is 0 Å². The number of halogens is 1. The maximum Gasteiger partial charge on any atom is 0.130 e. The number of hydrogen-bond acceptors (Lipinski definition) is 2. The van der Waals surface area contributed by atoms with Crippen molar-refractivity contribution < 1.29 is 13.9 Å². The van der Waals surface area contributed by atoms with Gasteiger partial charge in [-0.15, -0.1) is 0 Å². The topological polar surface area (TPSA) is 26.3 Å². The van der Waals surface area contributed by atoms with E-state index in [1.165, 1.54) is 20.1 Å². The number of ether oxygens (including phenoxy) is 1. The fourth-order valence-electron chi connectivity index (χ4n) is 1.47. The van der Waals surface area contributed by atoms with Crippen molar-refractivity contribution in [2.24, 2.45) is 0 Å². The largest absolute Gasteiger partial charge is 0.496 e. The van der Waals surface area contributed by atoms with Gasteiger partial charge in [-0.05, 0) is 38.0 Å². The number of ketones is 1. The van der Waals surface area contributed by atoms with Crippen LogP contribution in [0.3, 0.4) is 0 Å². The van der Waals surface area contributed by atoms with E-state index in [0.717, 1.165) is 5.56 Å². The van der Waals surface area contributed by atoms with Gasteiger partial charge < -0.3 is 9.53 Å². The van der Waals surface area contributed by atoms with E-state index in [1.54, 1.807) is 13.0 Å². The lowest BCUT2D eigenvalue weighted by atomic mass is 10.0. The van der Waals surface area contributed by atoms with E-state index >= 15 is 0 Å². The van der Waals surface area contributed by atoms with Crippen LogP contribution in [0.25, 0.3) is 0 Å². The molecule has 0 unspecified atom stereocenters. The van der Waals surface area contributed by atoms with Gasteiger partial charge in [0, 0.05) is 12.0 Å². The minimum absolute atomic E-state index is 0.0528. The lowest BCUT2D eigenvalue weighted by molar-refractivity contribution is -0.116. The zero-order chi connectivity index (χ0) is 11.4. The van der Waals surface area contributed by atoms with Crippen LogP contribution in [-0.2, 0) is 11.2 Å². The van der Waals surface area contributed by atoms with E-state index in [4.69, 9.17) is 4.74 Å². The summed E-state index contributed by atoms with van der Waals surface area (Å²) in [7, 11) is 1.51. The zero-order valence-electron chi connectivity index (χ0n) is 9.26. The van der Waals surface area contributed by atoms with Crippen molar-refractivity contribution in [3.05, 3.63) is 29.1 Å². The summed E-state index contributed by atoms with van der Waals surface area (Å²) in [5.41, 5.74) is 1.30. The normalized spacial score (nSPS) is 10.1. The predicted molar refractivity (Wildman–Crippen MR) is 56.7 cm³/mol. The molecule has 0 amide bonds. The third-order valence-corrected chi connectivity index (χ3v) is 2.25. The molecule has 0 fully saturated rings. The molecule has 0 aliphatic carbocycles. The molecule has 0 aliphatic heterocycles. The van der Waals surface area contributed by atoms with E-state index < -0.39 is 0 Å². The molecule has 0 heterocycles. The predicted octanol–water partition coefficient (Wildman–Crippen LogP) is 2.66. The summed E-state index contributed by atoms with van der Waals surface area (Å²) in [4.78, 5) is 10.8. The second-order valence-electron chi connectivity index (χ2n) is 3.63. The van der Waals surface area contributed by atoms with Crippen molar-refractivity contribution >= 4 is 5.78 Å². The summed E-state index contributed by atoms with van der Waals surface area (Å²) in [5, 5.41) is 0. The minimum Gasteiger partial charge on any atom is -0.496 e. The number of Topliss-reactive ketones (excluding diaryl/α,β-unsaturated/α-hetero) is 1. The van der Waals surface area contributed by atoms with Crippen LogP contribution in [0.15, 0.2) is 12.1 Å². The number of carbonyl (C=O) groups excluding carboxylic acids is 1. The molecule has 1 aromatic carbocycles. The molecule has 2 nitrogen and oxygen atoms in total. The Hall–Kier alpha value is -1.38. The molecule has 0 aromatic heterocycles. The van der Waals surface area contributed by atoms with E-state index in [-0.39, 0.29) is 11.6 Å². The highest BCUT2D eigenvalue weighted by Crippen LogP contribution is 2.24. The minimum atomic E-state index is -0.298. The molecule has 0 bridgehead atoms. The first kappa shape index (κ1) is 11.7. The van der Waals surface area contributed by atoms with E-state index in [9.17, 15) is 9.18 Å². The number of carbonyl (C=O) groups is 1. The Balaban J connectivity index is 2.98. The van der Waals surface area contributed by atoms with Crippen molar-refractivity contribution in [1.29, 1.82) is 0 Å². The van der Waals surface area contributed by atoms with E-state index in [0.29, 0.717) is 24.2 Å². The summed E-state index contributed by atoms with van der Waals surface area (Å²) >= 11 is 0. The van der Waals surface area contributed by atoms with Gasteiger partial charge in [0.1, 0.15) is 17.3 Å². The first-order valence-electron chi connectivity index (χ1n) is 4.87. The summed E-state index contributed by atoms with van der Waals surface area (Å²) in [6, 6.07) is 3.23. The second-order valence-corrected chi connectivity index (χ2v) is 3.63. The first-order valence-corrected chi connectivity index (χ1v) is 4.87. The summed E-state index contributed by atoms with van der Waals surface area (Å²) < 4.78 is 18.6. The SMILES string of the molecule is COc1cc(C)cc(F)c1CCC(C)=O. The highest BCUT2D eigenvalue weighted by atomic mass is 19.1. The molecule has 0 spiro atoms. The lowest BCUT2D eigenvalue weighted by Gasteiger charge is -2.10. The summed E-state index contributed by atoms with van der Waals surface area (Å²) in [6.07, 6.45) is 0.737. The molecule has 3 heteroatoms. The van der Waals surface area contributed by atoms with Crippen LogP contribution in [0.1, 0.15) is 24.5 Å². The maximum absolute atomic E-state index is 13.6. The molecule has 0 radical (unpaired) electrons. The molecule has 0 saturated heterocycles. The summed E-state index contributed by atoms with van der Waals surface area (Å²) in [6.45, 7) is 3.30. The Labute approximate surface area is 89.1 Å². The molecule has 0 saturated carbocycles. The average molecular weight is 210 g/mol. The van der Waals surface area contributed by atoms with Crippen molar-refractivity contribution in [2.75, 3.05) is 7.11 Å². The fourth-order valence-corrected chi connectivity index (χ4v) is 1.47. The Bertz CT molecular complexity index is 372. The average Bonchev–Trinajstić information content (AvgIpc) is 2.14. The fraction of sp³-hybridized carbons (Fsp3) is 0.417. The number of rotatable bonds is 4. The van der Waals surface area contributed by atoms with Crippen molar-refractivity contribution in [1.82, 2.24) is 0 Å². The standard InChI is InChI=1S/C12H15FO2/c1-8-6-11(13)10(5-4-9(2)14)12(7-8)15-3/h6-7H,4-5H2,1-3H3. The van der Waals surface area contributed by atoms with Crippen LogP contribution in [0.5, 0.6) is 5.75 Å². The monoisotopic (exact) mass is 210 g/mol. The number of benzene rings is 1. The number of aryl methyl sites for hydroxylation is 1. The van der Waals surface area contributed by atoms with Gasteiger partial charge in [-0.3, -0.25) is 0 Å². The van der Waals surface area contributed by atoms with Gasteiger partial charge in [-0.1, -0.05) is 0 Å². The Morgan fingerprint density at radius 2 is 2.13 bits per heavy atom. The molecule has 82 valence electrons. The molecule has 15 heavy (non-hydrogen) atoms. The van der Waals surface area contributed by atoms with Crippen LogP contribution in [-0.4, -0.2) is 12.9 Å². The third kappa shape index (κ3) is 3.05. The molecule has 1 rings (SSSR count). The molecular weight excluding hydrogens is 195 g/mol. The molecule has 0 N–H and O–H groups in total. The van der Waals surface area contributed by atoms with Gasteiger partial charge in [0.2, 0.25) is 0 Å². The van der Waals surface area contributed by atoms with Gasteiger partial charge in [0.05, 0.1) is 7.11 Å².